The van der Waals surface area contributed by atoms with Gasteiger partial charge in [0.25, 0.3) is 0 Å². The van der Waals surface area contributed by atoms with Crippen LogP contribution in [-0.2, 0) is 0 Å². The first kappa shape index (κ1) is 24.5. The second-order valence-electron chi connectivity index (χ2n) is 9.68. The largest absolute Gasteiger partial charge is 0.0809 e. The van der Waals surface area contributed by atoms with Crippen molar-refractivity contribution >= 4 is 79.7 Å². The molecule has 0 fully saturated rings. The third kappa shape index (κ3) is 4.22. The molecular weight excluding hydrogens is 561 g/mol. The fourth-order valence-corrected chi connectivity index (χ4v) is 10.7. The molecule has 0 bridgehead atoms. The van der Waals surface area contributed by atoms with Crippen molar-refractivity contribution in [3.05, 3.63) is 153 Å². The second kappa shape index (κ2) is 10.3. The van der Waals surface area contributed by atoms with E-state index in [0.717, 1.165) is 0 Å². The Bertz CT molecular complexity index is 1810. The Morgan fingerprint density at radius 2 is 0.650 bits per heavy atom. The van der Waals surface area contributed by atoms with Gasteiger partial charge in [0.15, 0.2) is 0 Å². The summed E-state index contributed by atoms with van der Waals surface area (Å²) in [4.78, 5) is 5.32. The molecule has 2 aliphatic rings. The van der Waals surface area contributed by atoms with Gasteiger partial charge in [0.2, 0.25) is 0 Å². The van der Waals surface area contributed by atoms with Crippen molar-refractivity contribution in [2.75, 3.05) is 0 Å². The third-order valence-electron chi connectivity index (χ3n) is 7.29. The highest BCUT2D eigenvalue weighted by atomic mass is 32.2. The standard InChI is InChI=1S/C36H22S4/c1-3-15-25-23(11-1)13-9-17-27(25)33(35-37-29-19-5-6-20-30(29)38-35)34(36-39-31-21-7-8-22-32(31)40-36)28-18-10-14-24-12-2-4-16-26(24)28/h1-22H. The quantitative estimate of drug-likeness (QED) is 0.203. The molecule has 8 rings (SSSR count). The molecule has 40 heavy (non-hydrogen) atoms. The fourth-order valence-electron chi connectivity index (χ4n) is 5.46. The molecule has 2 aliphatic heterocycles. The smallest absolute Gasteiger partial charge is 0.0585 e. The molecule has 0 aliphatic carbocycles. The topological polar surface area (TPSA) is 0 Å². The van der Waals surface area contributed by atoms with Gasteiger partial charge in [-0.1, -0.05) is 156 Å². The van der Waals surface area contributed by atoms with Crippen molar-refractivity contribution in [2.24, 2.45) is 0 Å². The number of benzene rings is 6. The highest BCUT2D eigenvalue weighted by molar-refractivity contribution is 8.25. The number of hydrogen-bond acceptors (Lipinski definition) is 4. The number of fused-ring (bicyclic) bond motifs is 4. The molecule has 4 heteroatoms. The Morgan fingerprint density at radius 1 is 0.325 bits per heavy atom. The number of thioether (sulfide) groups is 4. The van der Waals surface area contributed by atoms with E-state index in [1.165, 1.54) is 71.9 Å². The van der Waals surface area contributed by atoms with Crippen LogP contribution in [0.2, 0.25) is 0 Å². The fraction of sp³-hybridized carbons (Fsp3) is 0. The summed E-state index contributed by atoms with van der Waals surface area (Å²) in [6.45, 7) is 0. The number of allylic oxidation sites excluding steroid dienone is 2. The predicted octanol–water partition coefficient (Wildman–Crippen LogP) is 11.8. The van der Waals surface area contributed by atoms with Gasteiger partial charge in [0.05, 0.1) is 8.47 Å². The molecule has 0 saturated heterocycles. The van der Waals surface area contributed by atoms with Crippen molar-refractivity contribution < 1.29 is 0 Å². The van der Waals surface area contributed by atoms with Crippen LogP contribution in [0.25, 0.3) is 32.7 Å². The van der Waals surface area contributed by atoms with Crippen molar-refractivity contribution in [2.45, 2.75) is 19.6 Å². The molecule has 0 atom stereocenters. The molecule has 0 radical (unpaired) electrons. The van der Waals surface area contributed by atoms with Crippen LogP contribution in [0.5, 0.6) is 0 Å². The van der Waals surface area contributed by atoms with Gasteiger partial charge >= 0.3 is 0 Å². The summed E-state index contributed by atoms with van der Waals surface area (Å²) < 4.78 is 2.68. The molecule has 0 spiro atoms. The lowest BCUT2D eigenvalue weighted by Crippen LogP contribution is -1.97. The SMILES string of the molecule is c1ccc2c(c1)SC(=C(C(=C1Sc3ccccc3S1)c1cccc3ccccc13)c1cccc3ccccc13)S2. The summed E-state index contributed by atoms with van der Waals surface area (Å²) in [5, 5.41) is 5.10. The molecule has 0 aromatic heterocycles. The van der Waals surface area contributed by atoms with Crippen LogP contribution in [0.3, 0.4) is 0 Å². The van der Waals surface area contributed by atoms with E-state index in [1.807, 2.05) is 47.0 Å². The van der Waals surface area contributed by atoms with E-state index in [2.05, 4.69) is 133 Å². The van der Waals surface area contributed by atoms with E-state index in [1.54, 1.807) is 0 Å². The van der Waals surface area contributed by atoms with Gasteiger partial charge in [-0.25, -0.2) is 0 Å². The van der Waals surface area contributed by atoms with Gasteiger partial charge in [-0.05, 0) is 56.9 Å². The third-order valence-corrected chi connectivity index (χ3v) is 12.4. The summed E-state index contributed by atoms with van der Waals surface area (Å²) >= 11 is 7.63. The number of hydrogen-bond donors (Lipinski definition) is 0. The summed E-state index contributed by atoms with van der Waals surface area (Å²) in [6, 6.07) is 48.7. The predicted molar refractivity (Wildman–Crippen MR) is 178 cm³/mol. The van der Waals surface area contributed by atoms with Gasteiger partial charge in [-0.15, -0.1) is 0 Å². The molecule has 0 saturated carbocycles. The molecule has 0 nitrogen and oxygen atoms in total. The van der Waals surface area contributed by atoms with Crippen LogP contribution >= 0.6 is 47.0 Å². The van der Waals surface area contributed by atoms with E-state index in [9.17, 15) is 0 Å². The van der Waals surface area contributed by atoms with E-state index < -0.39 is 0 Å². The van der Waals surface area contributed by atoms with Gasteiger partial charge < -0.3 is 0 Å². The van der Waals surface area contributed by atoms with E-state index >= 15 is 0 Å². The second-order valence-corrected chi connectivity index (χ2v) is 14.4. The van der Waals surface area contributed by atoms with Crippen LogP contribution < -0.4 is 0 Å². The Labute approximate surface area is 251 Å². The molecule has 6 aromatic rings. The maximum absolute atomic E-state index is 2.32. The van der Waals surface area contributed by atoms with Crippen molar-refractivity contribution in [1.82, 2.24) is 0 Å². The number of rotatable bonds is 3. The first-order chi connectivity index (χ1) is 19.8. The maximum atomic E-state index is 2.32. The van der Waals surface area contributed by atoms with Crippen molar-refractivity contribution in [3.63, 3.8) is 0 Å². The minimum absolute atomic E-state index is 1.26. The van der Waals surface area contributed by atoms with Gasteiger partial charge in [-0.2, -0.15) is 0 Å². The summed E-state index contributed by atoms with van der Waals surface area (Å²) in [7, 11) is 0. The first-order valence-corrected chi connectivity index (χ1v) is 16.4. The average molecular weight is 583 g/mol. The molecule has 0 unspecified atom stereocenters. The lowest BCUT2D eigenvalue weighted by Gasteiger charge is -2.21. The van der Waals surface area contributed by atoms with Crippen molar-refractivity contribution in [3.8, 4) is 0 Å². The molecule has 0 amide bonds. The average Bonchev–Trinajstić information content (AvgIpc) is 3.64. The molecule has 6 aromatic carbocycles. The first-order valence-electron chi connectivity index (χ1n) is 13.2. The summed E-state index contributed by atoms with van der Waals surface area (Å²) in [6.07, 6.45) is 0. The van der Waals surface area contributed by atoms with Crippen molar-refractivity contribution in [1.29, 1.82) is 0 Å². The van der Waals surface area contributed by atoms with Crippen LogP contribution in [0.15, 0.2) is 162 Å². The maximum Gasteiger partial charge on any atom is 0.0585 e. The minimum atomic E-state index is 1.26. The lowest BCUT2D eigenvalue weighted by atomic mass is 9.89. The van der Waals surface area contributed by atoms with E-state index in [-0.39, 0.29) is 0 Å². The van der Waals surface area contributed by atoms with Crippen LogP contribution in [0, 0.1) is 0 Å². The molecule has 2 heterocycles. The van der Waals surface area contributed by atoms with Crippen LogP contribution in [0.1, 0.15) is 11.1 Å². The Kier molecular flexibility index (Phi) is 6.30. The zero-order valence-corrected chi connectivity index (χ0v) is 24.6. The molecule has 0 N–H and O–H groups in total. The molecule has 190 valence electrons. The van der Waals surface area contributed by atoms with Crippen LogP contribution in [0.4, 0.5) is 0 Å². The highest BCUT2D eigenvalue weighted by Gasteiger charge is 2.30. The van der Waals surface area contributed by atoms with Gasteiger partial charge in [-0.3, -0.25) is 0 Å². The minimum Gasteiger partial charge on any atom is -0.0809 e. The van der Waals surface area contributed by atoms with Gasteiger partial charge in [0.1, 0.15) is 0 Å². The van der Waals surface area contributed by atoms with Gasteiger partial charge in [0, 0.05) is 30.7 Å². The van der Waals surface area contributed by atoms with Crippen LogP contribution in [-0.4, -0.2) is 0 Å². The zero-order chi connectivity index (χ0) is 26.5. The lowest BCUT2D eigenvalue weighted by molar-refractivity contribution is 1.27. The normalized spacial score (nSPS) is 14.0. The Morgan fingerprint density at radius 3 is 1.05 bits per heavy atom. The highest BCUT2D eigenvalue weighted by Crippen LogP contribution is 2.61. The van der Waals surface area contributed by atoms with E-state index in [0.29, 0.717) is 0 Å². The Hall–Kier alpha value is -3.28. The molecular formula is C36H22S4. The summed E-state index contributed by atoms with van der Waals surface area (Å²) in [5.74, 6) is 0. The van der Waals surface area contributed by atoms with E-state index in [4.69, 9.17) is 0 Å². The Balaban J connectivity index is 1.48. The monoisotopic (exact) mass is 582 g/mol. The zero-order valence-electron chi connectivity index (χ0n) is 21.3. The summed E-state index contributed by atoms with van der Waals surface area (Å²) in [5.41, 5.74) is 5.21.